The van der Waals surface area contributed by atoms with E-state index in [1.165, 1.54) is 9.75 Å². The van der Waals surface area contributed by atoms with Gasteiger partial charge in [0.05, 0.1) is 6.04 Å². The van der Waals surface area contributed by atoms with Crippen molar-refractivity contribution in [3.63, 3.8) is 0 Å². The summed E-state index contributed by atoms with van der Waals surface area (Å²) in [6, 6.07) is 5.04. The lowest BCUT2D eigenvalue weighted by atomic mass is 10.1. The van der Waals surface area contributed by atoms with E-state index in [1.807, 2.05) is 11.3 Å². The van der Waals surface area contributed by atoms with Gasteiger partial charge in [-0.1, -0.05) is 0 Å². The van der Waals surface area contributed by atoms with Gasteiger partial charge in [0.1, 0.15) is 0 Å². The fraction of sp³-hybridized carbons (Fsp3) is 0.692. The third-order valence-corrected chi connectivity index (χ3v) is 4.05. The maximum Gasteiger partial charge on any atom is 0.0566 e. The van der Waals surface area contributed by atoms with E-state index in [2.05, 4.69) is 37.8 Å². The predicted molar refractivity (Wildman–Crippen MR) is 74.4 cm³/mol. The van der Waals surface area contributed by atoms with E-state index in [1.54, 1.807) is 0 Å². The molecule has 0 radical (unpaired) electrons. The van der Waals surface area contributed by atoms with Crippen molar-refractivity contribution in [3.8, 4) is 0 Å². The van der Waals surface area contributed by atoms with Crippen LogP contribution in [0.15, 0.2) is 12.1 Å². The average molecular weight is 256 g/mol. The maximum absolute atomic E-state index is 8.97. The molecule has 1 unspecified atom stereocenters. The maximum atomic E-state index is 8.97. The molecule has 0 fully saturated rings. The first kappa shape index (κ1) is 14.6. The molecular weight excluding hydrogens is 232 g/mol. The van der Waals surface area contributed by atoms with E-state index in [4.69, 9.17) is 10.8 Å². The number of hydrogen-bond donors (Lipinski definition) is 2. The highest BCUT2D eigenvalue weighted by Crippen LogP contribution is 2.28. The Bertz CT molecular complexity index is 325. The summed E-state index contributed by atoms with van der Waals surface area (Å²) in [6.45, 7) is 8.25. The van der Waals surface area contributed by atoms with Crippen LogP contribution < -0.4 is 5.73 Å². The largest absolute Gasteiger partial charge is 0.396 e. The fourth-order valence-electron chi connectivity index (χ4n) is 2.07. The van der Waals surface area contributed by atoms with Gasteiger partial charge in [-0.15, -0.1) is 11.3 Å². The number of aryl methyl sites for hydroxylation is 1. The molecule has 4 heteroatoms. The Morgan fingerprint density at radius 1 is 1.41 bits per heavy atom. The Balaban J connectivity index is 2.81. The Morgan fingerprint density at radius 3 is 2.53 bits per heavy atom. The van der Waals surface area contributed by atoms with Crippen LogP contribution in [-0.2, 0) is 0 Å². The van der Waals surface area contributed by atoms with Gasteiger partial charge in [0.2, 0.25) is 0 Å². The van der Waals surface area contributed by atoms with Crippen molar-refractivity contribution in [3.05, 3.63) is 21.9 Å². The number of nitrogens with two attached hydrogens (primary N) is 1. The molecule has 0 aliphatic carbocycles. The van der Waals surface area contributed by atoms with Crippen LogP contribution in [0.1, 0.15) is 36.1 Å². The van der Waals surface area contributed by atoms with Crippen LogP contribution >= 0.6 is 11.3 Å². The minimum absolute atomic E-state index is 0.240. The molecule has 1 aromatic heterocycles. The Hall–Kier alpha value is -0.420. The smallest absolute Gasteiger partial charge is 0.0566 e. The molecule has 0 aromatic carbocycles. The van der Waals surface area contributed by atoms with Gasteiger partial charge in [0, 0.05) is 35.5 Å². The second kappa shape index (κ2) is 7.11. The lowest BCUT2D eigenvalue weighted by Crippen LogP contribution is -2.39. The highest BCUT2D eigenvalue weighted by Gasteiger charge is 2.22. The number of thiophene rings is 1. The molecule has 0 spiro atoms. The molecule has 1 aromatic rings. The van der Waals surface area contributed by atoms with E-state index in [0.29, 0.717) is 12.6 Å². The molecule has 98 valence electrons. The summed E-state index contributed by atoms with van der Waals surface area (Å²) in [5, 5.41) is 8.97. The van der Waals surface area contributed by atoms with Gasteiger partial charge in [-0.25, -0.2) is 0 Å². The number of rotatable bonds is 7. The van der Waals surface area contributed by atoms with Gasteiger partial charge in [-0.3, -0.25) is 4.90 Å². The lowest BCUT2D eigenvalue weighted by Gasteiger charge is -2.33. The fourth-order valence-corrected chi connectivity index (χ4v) is 3.09. The lowest BCUT2D eigenvalue weighted by molar-refractivity contribution is 0.143. The Morgan fingerprint density at radius 2 is 2.12 bits per heavy atom. The average Bonchev–Trinajstić information content (AvgIpc) is 2.70. The first-order valence-electron chi connectivity index (χ1n) is 6.23. The van der Waals surface area contributed by atoms with Gasteiger partial charge >= 0.3 is 0 Å². The predicted octanol–water partition coefficient (Wildman–Crippen LogP) is 2.15. The quantitative estimate of drug-likeness (QED) is 0.786. The van der Waals surface area contributed by atoms with Crippen molar-refractivity contribution < 1.29 is 5.11 Å². The number of nitrogens with zero attached hydrogens (tertiary/aromatic N) is 1. The van der Waals surface area contributed by atoms with E-state index in [-0.39, 0.29) is 12.6 Å². The molecule has 0 amide bonds. The zero-order valence-electron chi connectivity index (χ0n) is 11.0. The van der Waals surface area contributed by atoms with Crippen molar-refractivity contribution in [2.75, 3.05) is 19.7 Å². The van der Waals surface area contributed by atoms with Crippen molar-refractivity contribution in [1.82, 2.24) is 4.90 Å². The molecule has 3 nitrogen and oxygen atoms in total. The van der Waals surface area contributed by atoms with Crippen LogP contribution in [0.2, 0.25) is 0 Å². The van der Waals surface area contributed by atoms with Gasteiger partial charge in [-0.2, -0.15) is 0 Å². The summed E-state index contributed by atoms with van der Waals surface area (Å²) in [5.74, 6) is 0. The van der Waals surface area contributed by atoms with Crippen LogP contribution in [0.5, 0.6) is 0 Å². The summed E-state index contributed by atoms with van der Waals surface area (Å²) >= 11 is 1.82. The van der Waals surface area contributed by atoms with Crippen molar-refractivity contribution in [2.45, 2.75) is 39.3 Å². The van der Waals surface area contributed by atoms with Gasteiger partial charge in [0.25, 0.3) is 0 Å². The highest BCUT2D eigenvalue weighted by atomic mass is 32.1. The van der Waals surface area contributed by atoms with E-state index >= 15 is 0 Å². The summed E-state index contributed by atoms with van der Waals surface area (Å²) in [7, 11) is 0. The van der Waals surface area contributed by atoms with Gasteiger partial charge in [0.15, 0.2) is 0 Å². The minimum atomic E-state index is 0.240. The van der Waals surface area contributed by atoms with Crippen LogP contribution in [0.4, 0.5) is 0 Å². The third-order valence-electron chi connectivity index (χ3n) is 2.95. The van der Waals surface area contributed by atoms with Crippen LogP contribution in [0.3, 0.4) is 0 Å². The van der Waals surface area contributed by atoms with Gasteiger partial charge in [-0.05, 0) is 39.3 Å². The third kappa shape index (κ3) is 4.07. The van der Waals surface area contributed by atoms with Crippen LogP contribution in [0, 0.1) is 6.92 Å². The zero-order chi connectivity index (χ0) is 12.8. The van der Waals surface area contributed by atoms with Crippen molar-refractivity contribution >= 4 is 11.3 Å². The SMILES string of the molecule is Cc1ccc(C(CN)N(CCCO)C(C)C)s1. The van der Waals surface area contributed by atoms with Crippen molar-refractivity contribution in [2.24, 2.45) is 5.73 Å². The summed E-state index contributed by atoms with van der Waals surface area (Å²) in [4.78, 5) is 5.03. The molecule has 1 atom stereocenters. The Labute approximate surface area is 108 Å². The highest BCUT2D eigenvalue weighted by molar-refractivity contribution is 7.12. The first-order valence-corrected chi connectivity index (χ1v) is 7.04. The molecule has 17 heavy (non-hydrogen) atoms. The van der Waals surface area contributed by atoms with E-state index < -0.39 is 0 Å². The first-order chi connectivity index (χ1) is 8.10. The molecule has 0 saturated heterocycles. The summed E-state index contributed by atoms with van der Waals surface area (Å²) < 4.78 is 0. The second-order valence-corrected chi connectivity index (χ2v) is 5.93. The summed E-state index contributed by atoms with van der Waals surface area (Å²) in [6.07, 6.45) is 0.805. The molecule has 3 N–H and O–H groups in total. The molecule has 0 saturated carbocycles. The molecule has 0 aliphatic rings. The number of aliphatic hydroxyl groups is 1. The Kier molecular flexibility index (Phi) is 6.12. The monoisotopic (exact) mass is 256 g/mol. The van der Waals surface area contributed by atoms with Gasteiger partial charge < -0.3 is 10.8 Å². The normalized spacial score (nSPS) is 13.6. The minimum Gasteiger partial charge on any atom is -0.396 e. The van der Waals surface area contributed by atoms with Crippen LogP contribution in [0.25, 0.3) is 0 Å². The van der Waals surface area contributed by atoms with E-state index in [9.17, 15) is 0 Å². The zero-order valence-corrected chi connectivity index (χ0v) is 11.8. The van der Waals surface area contributed by atoms with Crippen molar-refractivity contribution in [1.29, 1.82) is 0 Å². The standard InChI is InChI=1S/C13H24N2OS/c1-10(2)15(7-4-8-16)12(9-14)13-6-5-11(3)17-13/h5-6,10,12,16H,4,7-9,14H2,1-3H3. The molecule has 0 aliphatic heterocycles. The second-order valence-electron chi connectivity index (χ2n) is 4.61. The van der Waals surface area contributed by atoms with E-state index in [0.717, 1.165) is 13.0 Å². The van der Waals surface area contributed by atoms with Crippen LogP contribution in [-0.4, -0.2) is 35.7 Å². The topological polar surface area (TPSA) is 49.5 Å². The molecular formula is C13H24N2OS. The molecule has 1 rings (SSSR count). The summed E-state index contributed by atoms with van der Waals surface area (Å²) in [5.41, 5.74) is 5.93. The number of hydrogen-bond acceptors (Lipinski definition) is 4. The molecule has 0 bridgehead atoms. The molecule has 1 heterocycles. The number of aliphatic hydroxyl groups excluding tert-OH is 1.